The summed E-state index contributed by atoms with van der Waals surface area (Å²) in [5.41, 5.74) is 2.98. The predicted molar refractivity (Wildman–Crippen MR) is 109 cm³/mol. The molecule has 5 heteroatoms. The van der Waals surface area contributed by atoms with Crippen LogP contribution in [0, 0.1) is 0 Å². The summed E-state index contributed by atoms with van der Waals surface area (Å²) in [6.45, 7) is 0.618. The Hall–Kier alpha value is -3.31. The lowest BCUT2D eigenvalue weighted by Gasteiger charge is -2.36. The van der Waals surface area contributed by atoms with Gasteiger partial charge in [0.1, 0.15) is 17.5 Å². The van der Waals surface area contributed by atoms with Crippen molar-refractivity contribution in [3.63, 3.8) is 0 Å². The van der Waals surface area contributed by atoms with Crippen LogP contribution in [0.2, 0.25) is 0 Å². The van der Waals surface area contributed by atoms with E-state index in [1.165, 1.54) is 0 Å². The van der Waals surface area contributed by atoms with Crippen molar-refractivity contribution in [2.45, 2.75) is 18.7 Å². The Morgan fingerprint density at radius 2 is 1.62 bits per heavy atom. The van der Waals surface area contributed by atoms with Crippen LogP contribution in [-0.2, 0) is 4.79 Å². The van der Waals surface area contributed by atoms with E-state index in [1.807, 2.05) is 71.7 Å². The molecule has 2 aliphatic heterocycles. The van der Waals surface area contributed by atoms with Crippen LogP contribution < -0.4 is 9.47 Å². The maximum absolute atomic E-state index is 13.1. The lowest BCUT2D eigenvalue weighted by atomic mass is 9.97. The average molecular weight is 386 g/mol. The van der Waals surface area contributed by atoms with Crippen molar-refractivity contribution in [3.05, 3.63) is 95.6 Å². The van der Waals surface area contributed by atoms with Gasteiger partial charge < -0.3 is 9.47 Å². The number of ether oxygens (including phenoxy) is 2. The number of hydrogen-bond donors (Lipinski definition) is 0. The third kappa shape index (κ3) is 3.04. The van der Waals surface area contributed by atoms with Gasteiger partial charge in [0, 0.05) is 24.1 Å². The number of hydrazine groups is 1. The van der Waals surface area contributed by atoms with Crippen molar-refractivity contribution in [1.82, 2.24) is 10.0 Å². The fourth-order valence-electron chi connectivity index (χ4n) is 4.20. The Labute approximate surface area is 170 Å². The zero-order valence-electron chi connectivity index (χ0n) is 16.2. The maximum Gasteiger partial charge on any atom is 0.239 e. The summed E-state index contributed by atoms with van der Waals surface area (Å²) in [5.74, 6) is 1.60. The highest BCUT2D eigenvalue weighted by molar-refractivity contribution is 5.79. The molecule has 1 saturated heterocycles. The summed E-state index contributed by atoms with van der Waals surface area (Å²) in [4.78, 5) is 13.1. The zero-order chi connectivity index (χ0) is 19.8. The van der Waals surface area contributed by atoms with Crippen LogP contribution in [-0.4, -0.2) is 29.6 Å². The van der Waals surface area contributed by atoms with E-state index in [0.717, 1.165) is 28.2 Å². The molecule has 5 nitrogen and oxygen atoms in total. The molecule has 29 heavy (non-hydrogen) atoms. The highest BCUT2D eigenvalue weighted by Gasteiger charge is 2.45. The number of carbonyl (C=O) groups is 1. The van der Waals surface area contributed by atoms with Gasteiger partial charge in [-0.1, -0.05) is 60.7 Å². The van der Waals surface area contributed by atoms with E-state index < -0.39 is 0 Å². The molecule has 0 unspecified atom stereocenters. The quantitative estimate of drug-likeness (QED) is 0.672. The number of carbonyl (C=O) groups excluding carboxylic acids is 1. The topological polar surface area (TPSA) is 42.0 Å². The third-order valence-electron chi connectivity index (χ3n) is 5.55. The SMILES string of the molecule is COc1ccc2c(c1)[C@H](c1ccccc1)N1C(=O)CCN1[C@H](c1ccccc1)O2. The van der Waals surface area contributed by atoms with Crippen molar-refractivity contribution in [1.29, 1.82) is 0 Å². The maximum atomic E-state index is 13.1. The Balaban J connectivity index is 1.72. The minimum atomic E-state index is -0.372. The number of amides is 1. The number of methoxy groups -OCH3 is 1. The lowest BCUT2D eigenvalue weighted by molar-refractivity contribution is -0.154. The van der Waals surface area contributed by atoms with Crippen molar-refractivity contribution in [2.75, 3.05) is 13.7 Å². The molecule has 0 saturated carbocycles. The molecule has 0 N–H and O–H groups in total. The van der Waals surface area contributed by atoms with Crippen LogP contribution in [0.3, 0.4) is 0 Å². The fraction of sp³-hybridized carbons (Fsp3) is 0.208. The highest BCUT2D eigenvalue weighted by Crippen LogP contribution is 2.46. The second-order valence-corrected chi connectivity index (χ2v) is 7.25. The van der Waals surface area contributed by atoms with Gasteiger partial charge in [-0.15, -0.1) is 0 Å². The first kappa shape index (κ1) is 17.8. The summed E-state index contributed by atoms with van der Waals surface area (Å²) in [6.07, 6.45) is 0.0958. The molecule has 1 amide bonds. The minimum absolute atomic E-state index is 0.0963. The Bertz CT molecular complexity index is 1020. The second-order valence-electron chi connectivity index (χ2n) is 7.25. The Kier molecular flexibility index (Phi) is 4.45. The molecular weight excluding hydrogens is 364 g/mol. The van der Waals surface area contributed by atoms with E-state index in [0.29, 0.717) is 13.0 Å². The number of fused-ring (bicyclic) bond motifs is 2. The van der Waals surface area contributed by atoms with Gasteiger partial charge in [0.15, 0.2) is 6.23 Å². The molecule has 1 fully saturated rings. The van der Waals surface area contributed by atoms with Crippen LogP contribution in [0.4, 0.5) is 0 Å². The van der Waals surface area contributed by atoms with Gasteiger partial charge in [0.2, 0.25) is 5.91 Å². The van der Waals surface area contributed by atoms with Crippen LogP contribution >= 0.6 is 0 Å². The van der Waals surface area contributed by atoms with Crippen molar-refractivity contribution < 1.29 is 14.3 Å². The minimum Gasteiger partial charge on any atom is -0.497 e. The summed E-state index contributed by atoms with van der Waals surface area (Å²) in [5, 5.41) is 3.93. The number of benzene rings is 3. The van der Waals surface area contributed by atoms with Gasteiger partial charge in [0.05, 0.1) is 7.11 Å². The summed E-state index contributed by atoms with van der Waals surface area (Å²) >= 11 is 0. The first-order valence-corrected chi connectivity index (χ1v) is 9.79. The van der Waals surface area contributed by atoms with Crippen LogP contribution in [0.15, 0.2) is 78.9 Å². The number of rotatable bonds is 3. The van der Waals surface area contributed by atoms with E-state index in [4.69, 9.17) is 9.47 Å². The average Bonchev–Trinajstić information content (AvgIpc) is 3.07. The van der Waals surface area contributed by atoms with E-state index in [9.17, 15) is 4.79 Å². The van der Waals surface area contributed by atoms with Crippen LogP contribution in [0.1, 0.15) is 35.4 Å². The van der Waals surface area contributed by atoms with Gasteiger partial charge in [0.25, 0.3) is 0 Å². The molecule has 0 bridgehead atoms. The zero-order valence-corrected chi connectivity index (χ0v) is 16.2. The highest BCUT2D eigenvalue weighted by atomic mass is 16.5. The standard InChI is InChI=1S/C24H22N2O3/c1-28-19-12-13-21-20(16-19)23(17-8-4-2-5-9-17)26-22(27)14-15-25(26)24(29-21)18-10-6-3-7-11-18/h2-13,16,23-24H,14-15H2,1H3/t23-,24-/m0/s1. The molecular formula is C24H22N2O3. The molecule has 3 aromatic rings. The summed E-state index contributed by atoms with van der Waals surface area (Å²) in [7, 11) is 1.65. The molecule has 0 aliphatic carbocycles. The normalized spacial score (nSPS) is 21.1. The van der Waals surface area contributed by atoms with Gasteiger partial charge in [-0.2, -0.15) is 5.01 Å². The fourth-order valence-corrected chi connectivity index (χ4v) is 4.20. The van der Waals surface area contributed by atoms with Crippen molar-refractivity contribution in [2.24, 2.45) is 0 Å². The second kappa shape index (κ2) is 7.26. The van der Waals surface area contributed by atoms with E-state index in [1.54, 1.807) is 7.11 Å². The van der Waals surface area contributed by atoms with Gasteiger partial charge in [-0.3, -0.25) is 9.80 Å². The first-order chi connectivity index (χ1) is 14.3. The van der Waals surface area contributed by atoms with Crippen molar-refractivity contribution >= 4 is 5.91 Å². The molecule has 146 valence electrons. The summed E-state index contributed by atoms with van der Waals surface area (Å²) < 4.78 is 12.0. The number of hydrogen-bond acceptors (Lipinski definition) is 4. The third-order valence-corrected chi connectivity index (χ3v) is 5.55. The first-order valence-electron chi connectivity index (χ1n) is 9.79. The van der Waals surface area contributed by atoms with Crippen LogP contribution in [0.5, 0.6) is 11.5 Å². The van der Waals surface area contributed by atoms with Crippen molar-refractivity contribution in [3.8, 4) is 11.5 Å². The molecule has 0 radical (unpaired) electrons. The van der Waals surface area contributed by atoms with Gasteiger partial charge in [-0.25, -0.2) is 0 Å². The van der Waals surface area contributed by atoms with E-state index >= 15 is 0 Å². The molecule has 5 rings (SSSR count). The van der Waals surface area contributed by atoms with Crippen LogP contribution in [0.25, 0.3) is 0 Å². The predicted octanol–water partition coefficient (Wildman–Crippen LogP) is 4.33. The van der Waals surface area contributed by atoms with Gasteiger partial charge in [-0.05, 0) is 23.8 Å². The molecule has 0 spiro atoms. The molecule has 3 aromatic carbocycles. The molecule has 2 heterocycles. The van der Waals surface area contributed by atoms with E-state index in [2.05, 4.69) is 17.1 Å². The smallest absolute Gasteiger partial charge is 0.239 e. The lowest BCUT2D eigenvalue weighted by Crippen LogP contribution is -2.43. The molecule has 0 aromatic heterocycles. The Morgan fingerprint density at radius 3 is 2.31 bits per heavy atom. The van der Waals surface area contributed by atoms with E-state index in [-0.39, 0.29) is 18.2 Å². The van der Waals surface area contributed by atoms with Gasteiger partial charge >= 0.3 is 0 Å². The number of nitrogens with zero attached hydrogens (tertiary/aromatic N) is 2. The molecule has 2 aliphatic rings. The Morgan fingerprint density at radius 1 is 0.931 bits per heavy atom. The summed E-state index contributed by atoms with van der Waals surface area (Å²) in [6, 6.07) is 25.7. The largest absolute Gasteiger partial charge is 0.497 e. The monoisotopic (exact) mass is 386 g/mol. The molecule has 2 atom stereocenters.